The first kappa shape index (κ1) is 41.9. The van der Waals surface area contributed by atoms with Crippen LogP contribution >= 0.6 is 0 Å². The number of hydrogen-bond donors (Lipinski definition) is 4. The molecular weight excluding hydrogens is 608 g/mol. The number of ether oxygens (including phenoxy) is 4. The smallest absolute Gasteiger partial charge is 0.397 e. The highest BCUT2D eigenvalue weighted by Gasteiger charge is 2.48. The summed E-state index contributed by atoms with van der Waals surface area (Å²) in [6.07, 6.45) is 12.9. The van der Waals surface area contributed by atoms with Crippen LogP contribution in [0, 0.1) is 0 Å². The van der Waals surface area contributed by atoms with Gasteiger partial charge in [0.15, 0.2) is 6.29 Å². The van der Waals surface area contributed by atoms with E-state index in [9.17, 15) is 28.5 Å². The Bertz CT molecular complexity index is 868. The zero-order valence-corrected chi connectivity index (χ0v) is 28.2. The highest BCUT2D eigenvalue weighted by molar-refractivity contribution is 7.80. The van der Waals surface area contributed by atoms with Crippen molar-refractivity contribution < 1.29 is 56.2 Å². The first-order chi connectivity index (χ1) is 21.6. The molecule has 0 amide bonds. The lowest BCUT2D eigenvalue weighted by Crippen LogP contribution is -2.60. The number of unbranched alkanes of at least 4 members (excludes halogenated alkanes) is 13. The summed E-state index contributed by atoms with van der Waals surface area (Å²) in [5.41, 5.74) is 0. The molecule has 0 saturated carbocycles. The molecule has 13 heteroatoms. The second-order valence-electron chi connectivity index (χ2n) is 11.8. The van der Waals surface area contributed by atoms with Gasteiger partial charge in [-0.2, -0.15) is 8.42 Å². The van der Waals surface area contributed by atoms with E-state index >= 15 is 0 Å². The summed E-state index contributed by atoms with van der Waals surface area (Å²) in [5, 5.41) is 30.3. The molecular formula is C32H60O12S. The highest BCUT2D eigenvalue weighted by Crippen LogP contribution is 2.26. The normalized spacial score (nSPS) is 23.0. The Morgan fingerprint density at radius 1 is 0.822 bits per heavy atom. The van der Waals surface area contributed by atoms with Crippen molar-refractivity contribution in [1.29, 1.82) is 0 Å². The van der Waals surface area contributed by atoms with Crippen molar-refractivity contribution in [3.05, 3.63) is 12.2 Å². The van der Waals surface area contributed by atoms with Gasteiger partial charge in [-0.1, -0.05) is 90.2 Å². The fraction of sp³-hybridized carbons (Fsp3) is 0.906. The lowest BCUT2D eigenvalue weighted by Gasteiger charge is -2.41. The number of aliphatic hydroxyl groups excluding tert-OH is 3. The van der Waals surface area contributed by atoms with Crippen molar-refractivity contribution in [2.75, 3.05) is 26.4 Å². The molecule has 1 heterocycles. The Morgan fingerprint density at radius 2 is 1.40 bits per heavy atom. The fourth-order valence-electron chi connectivity index (χ4n) is 5.02. The molecule has 1 saturated heterocycles. The fourth-order valence-corrected chi connectivity index (χ4v) is 5.53. The van der Waals surface area contributed by atoms with Crippen molar-refractivity contribution in [2.45, 2.75) is 160 Å². The SMILES string of the molecule is CCCCC/C=C\CCCCCCCC(=O)OC(COCCCCCCCC)COC1OC(CO)C(O)C(OS(=O)(=O)O)C1O. The van der Waals surface area contributed by atoms with Gasteiger partial charge in [-0.15, -0.1) is 0 Å². The van der Waals surface area contributed by atoms with Crippen LogP contribution in [0.2, 0.25) is 0 Å². The Labute approximate surface area is 270 Å². The molecule has 1 fully saturated rings. The molecule has 0 aromatic carbocycles. The molecule has 0 aromatic heterocycles. The van der Waals surface area contributed by atoms with E-state index < -0.39 is 59.8 Å². The molecule has 1 rings (SSSR count). The van der Waals surface area contributed by atoms with E-state index in [1.165, 1.54) is 38.5 Å². The number of aliphatic hydroxyl groups is 3. The topological polar surface area (TPSA) is 178 Å². The molecule has 4 N–H and O–H groups in total. The van der Waals surface area contributed by atoms with Gasteiger partial charge in [0.05, 0.1) is 19.8 Å². The summed E-state index contributed by atoms with van der Waals surface area (Å²) in [6, 6.07) is 0. The molecule has 45 heavy (non-hydrogen) atoms. The van der Waals surface area contributed by atoms with Crippen LogP contribution in [0.1, 0.15) is 123 Å². The van der Waals surface area contributed by atoms with E-state index in [4.69, 9.17) is 23.5 Å². The van der Waals surface area contributed by atoms with Crippen LogP contribution in [0.15, 0.2) is 12.2 Å². The predicted molar refractivity (Wildman–Crippen MR) is 170 cm³/mol. The summed E-state index contributed by atoms with van der Waals surface area (Å²) in [6.45, 7) is 3.85. The van der Waals surface area contributed by atoms with Gasteiger partial charge < -0.3 is 34.3 Å². The van der Waals surface area contributed by atoms with Gasteiger partial charge in [0.1, 0.15) is 30.5 Å². The second-order valence-corrected chi connectivity index (χ2v) is 12.8. The van der Waals surface area contributed by atoms with Crippen LogP contribution in [-0.4, -0.2) is 97.5 Å². The molecule has 6 atom stereocenters. The summed E-state index contributed by atoms with van der Waals surface area (Å²) in [7, 11) is -5.05. The maximum Gasteiger partial charge on any atom is 0.397 e. The number of carbonyl (C=O) groups excluding carboxylic acids is 1. The van der Waals surface area contributed by atoms with Crippen LogP contribution in [0.25, 0.3) is 0 Å². The van der Waals surface area contributed by atoms with Gasteiger partial charge in [-0.25, -0.2) is 4.18 Å². The van der Waals surface area contributed by atoms with E-state index in [1.54, 1.807) is 0 Å². The van der Waals surface area contributed by atoms with Crippen LogP contribution < -0.4 is 0 Å². The second kappa shape index (κ2) is 25.9. The van der Waals surface area contributed by atoms with Gasteiger partial charge in [-0.3, -0.25) is 9.35 Å². The van der Waals surface area contributed by atoms with Crippen molar-refractivity contribution in [3.8, 4) is 0 Å². The van der Waals surface area contributed by atoms with E-state index in [0.717, 1.165) is 57.8 Å². The largest absolute Gasteiger partial charge is 0.457 e. The molecule has 6 unspecified atom stereocenters. The number of allylic oxidation sites excluding steroid dienone is 2. The van der Waals surface area contributed by atoms with E-state index in [1.807, 2.05) is 0 Å². The quantitative estimate of drug-likeness (QED) is 0.0389. The summed E-state index contributed by atoms with van der Waals surface area (Å²) >= 11 is 0. The minimum absolute atomic E-state index is 0.0342. The van der Waals surface area contributed by atoms with Gasteiger partial charge in [0, 0.05) is 13.0 Å². The van der Waals surface area contributed by atoms with Gasteiger partial charge in [-0.05, 0) is 38.5 Å². The first-order valence-corrected chi connectivity index (χ1v) is 18.3. The van der Waals surface area contributed by atoms with Crippen LogP contribution in [-0.2, 0) is 38.3 Å². The Kier molecular flexibility index (Phi) is 24.1. The van der Waals surface area contributed by atoms with Gasteiger partial charge in [0.25, 0.3) is 0 Å². The Morgan fingerprint density at radius 3 is 2.04 bits per heavy atom. The van der Waals surface area contributed by atoms with E-state index in [2.05, 4.69) is 30.2 Å². The molecule has 1 aliphatic heterocycles. The standard InChI is InChI=1S/C32H60O12S/c1-3-5-7-9-11-12-13-14-15-16-17-19-21-28(34)42-26(24-40-22-20-18-10-8-6-4-2)25-41-32-30(36)31(44-45(37,38)39)29(35)27(23-33)43-32/h11-12,26-27,29-33,35-36H,3-10,13-25H2,1-2H3,(H,37,38,39)/b12-11-. The lowest BCUT2D eigenvalue weighted by atomic mass is 9.99. The average molecular weight is 669 g/mol. The van der Waals surface area contributed by atoms with Crippen molar-refractivity contribution in [3.63, 3.8) is 0 Å². The number of esters is 1. The molecule has 266 valence electrons. The molecule has 0 aromatic rings. The highest BCUT2D eigenvalue weighted by atomic mass is 32.3. The van der Waals surface area contributed by atoms with Crippen LogP contribution in [0.5, 0.6) is 0 Å². The average Bonchev–Trinajstić information content (AvgIpc) is 3.00. The third kappa shape index (κ3) is 20.6. The van der Waals surface area contributed by atoms with Crippen molar-refractivity contribution >= 4 is 16.4 Å². The van der Waals surface area contributed by atoms with Crippen LogP contribution in [0.3, 0.4) is 0 Å². The Hall–Kier alpha value is -1.16. The molecule has 12 nitrogen and oxygen atoms in total. The van der Waals surface area contributed by atoms with Gasteiger partial charge in [0.2, 0.25) is 0 Å². The first-order valence-electron chi connectivity index (χ1n) is 16.9. The maximum absolute atomic E-state index is 12.6. The maximum atomic E-state index is 12.6. The molecule has 0 spiro atoms. The zero-order valence-electron chi connectivity index (χ0n) is 27.4. The van der Waals surface area contributed by atoms with Gasteiger partial charge >= 0.3 is 16.4 Å². The number of hydrogen-bond acceptors (Lipinski definition) is 11. The summed E-state index contributed by atoms with van der Waals surface area (Å²) in [5.74, 6) is -0.414. The van der Waals surface area contributed by atoms with Crippen LogP contribution in [0.4, 0.5) is 0 Å². The van der Waals surface area contributed by atoms with E-state index in [0.29, 0.717) is 13.0 Å². The monoisotopic (exact) mass is 668 g/mol. The zero-order chi connectivity index (χ0) is 33.3. The molecule has 0 aliphatic carbocycles. The third-order valence-corrected chi connectivity index (χ3v) is 8.10. The van der Waals surface area contributed by atoms with Crippen molar-refractivity contribution in [2.24, 2.45) is 0 Å². The van der Waals surface area contributed by atoms with E-state index in [-0.39, 0.29) is 19.6 Å². The third-order valence-electron chi connectivity index (χ3n) is 7.64. The summed E-state index contributed by atoms with van der Waals surface area (Å²) < 4.78 is 58.3. The van der Waals surface area contributed by atoms with Crippen molar-refractivity contribution in [1.82, 2.24) is 0 Å². The number of rotatable bonds is 28. The summed E-state index contributed by atoms with van der Waals surface area (Å²) in [4.78, 5) is 12.6. The molecule has 1 aliphatic rings. The number of carbonyl (C=O) groups is 1. The molecule has 0 radical (unpaired) electrons. The predicted octanol–water partition coefficient (Wildman–Crippen LogP) is 4.79. The minimum atomic E-state index is -5.05. The minimum Gasteiger partial charge on any atom is -0.457 e. The Balaban J connectivity index is 2.56. The molecule has 0 bridgehead atoms. The lowest BCUT2D eigenvalue weighted by molar-refractivity contribution is -0.301.